The van der Waals surface area contributed by atoms with Crippen LogP contribution in [0.3, 0.4) is 0 Å². The molecule has 8 heteroatoms. The smallest absolute Gasteiger partial charge is 0.240 e. The van der Waals surface area contributed by atoms with Crippen LogP contribution in [-0.4, -0.2) is 55.9 Å². The zero-order valence-electron chi connectivity index (χ0n) is 19.3. The number of nitrogens with zero attached hydrogens (tertiary/aromatic N) is 4. The van der Waals surface area contributed by atoms with Crippen LogP contribution in [0.4, 0.5) is 5.69 Å². The molecule has 1 amide bonds. The summed E-state index contributed by atoms with van der Waals surface area (Å²) >= 11 is 0. The third-order valence-corrected chi connectivity index (χ3v) is 6.45. The van der Waals surface area contributed by atoms with Crippen LogP contribution in [0.25, 0.3) is 0 Å². The molecule has 0 bridgehead atoms. The Kier molecular flexibility index (Phi) is 7.80. The van der Waals surface area contributed by atoms with Gasteiger partial charge >= 0.3 is 0 Å². The van der Waals surface area contributed by atoms with Crippen LogP contribution >= 0.6 is 0 Å². The van der Waals surface area contributed by atoms with E-state index in [0.29, 0.717) is 24.8 Å². The second kappa shape index (κ2) is 10.5. The van der Waals surface area contributed by atoms with Gasteiger partial charge in [-0.05, 0) is 44.5 Å². The van der Waals surface area contributed by atoms with Crippen LogP contribution in [0.15, 0.2) is 41.5 Å². The van der Waals surface area contributed by atoms with Crippen LogP contribution < -0.4 is 20.3 Å². The summed E-state index contributed by atoms with van der Waals surface area (Å²) in [6, 6.07) is 10.6. The summed E-state index contributed by atoms with van der Waals surface area (Å²) in [7, 11) is 3.57. The number of rotatable bonds is 11. The normalized spacial score (nSPS) is 22.7. The number of carbonyl (C=O) groups is 1. The van der Waals surface area contributed by atoms with E-state index >= 15 is 0 Å². The Balaban J connectivity index is 1.81. The Morgan fingerprint density at radius 2 is 1.97 bits per heavy atom. The third-order valence-electron chi connectivity index (χ3n) is 6.45. The van der Waals surface area contributed by atoms with E-state index < -0.39 is 0 Å². The SMILES string of the molecule is C=NCc1ncc(N(C)CC2(NC=O)CCC(NCC)(c3ccccc3)CC2)c(OC)n1. The Morgan fingerprint density at radius 3 is 2.56 bits per heavy atom. The number of ether oxygens (including phenoxy) is 1. The van der Waals surface area contributed by atoms with E-state index in [1.807, 2.05) is 13.1 Å². The quantitative estimate of drug-likeness (QED) is 0.414. The molecule has 1 aliphatic carbocycles. The molecule has 0 atom stereocenters. The first-order chi connectivity index (χ1) is 15.5. The van der Waals surface area contributed by atoms with Gasteiger partial charge in [0.05, 0.1) is 25.4 Å². The molecule has 1 aromatic carbocycles. The summed E-state index contributed by atoms with van der Waals surface area (Å²) in [6.45, 7) is 7.49. The minimum Gasteiger partial charge on any atom is -0.479 e. The van der Waals surface area contributed by atoms with Crippen molar-refractivity contribution in [2.24, 2.45) is 4.99 Å². The topological polar surface area (TPSA) is 91.7 Å². The number of amides is 1. The molecular formula is C24H34N6O2. The minimum atomic E-state index is -0.351. The molecule has 0 spiro atoms. The minimum absolute atomic E-state index is 0.0806. The predicted molar refractivity (Wildman–Crippen MR) is 127 cm³/mol. The fourth-order valence-electron chi connectivity index (χ4n) is 4.81. The molecule has 1 aliphatic rings. The highest BCUT2D eigenvalue weighted by Gasteiger charge is 2.44. The van der Waals surface area contributed by atoms with Gasteiger partial charge in [-0.3, -0.25) is 9.79 Å². The molecule has 3 rings (SSSR count). The van der Waals surface area contributed by atoms with Gasteiger partial charge < -0.3 is 20.3 Å². The van der Waals surface area contributed by atoms with E-state index in [1.165, 1.54) is 5.56 Å². The van der Waals surface area contributed by atoms with Gasteiger partial charge in [-0.2, -0.15) is 4.98 Å². The molecule has 172 valence electrons. The number of hydrogen-bond donors (Lipinski definition) is 2. The number of nitrogens with one attached hydrogen (secondary N) is 2. The first-order valence-corrected chi connectivity index (χ1v) is 11.1. The lowest BCUT2D eigenvalue weighted by atomic mass is 9.69. The van der Waals surface area contributed by atoms with Crippen LogP contribution in [0.1, 0.15) is 44.0 Å². The van der Waals surface area contributed by atoms with Crippen molar-refractivity contribution in [1.29, 1.82) is 0 Å². The first-order valence-electron chi connectivity index (χ1n) is 11.1. The second-order valence-electron chi connectivity index (χ2n) is 8.44. The predicted octanol–water partition coefficient (Wildman–Crippen LogP) is 2.69. The largest absolute Gasteiger partial charge is 0.479 e. The summed E-state index contributed by atoms with van der Waals surface area (Å²) in [4.78, 5) is 26.3. The van der Waals surface area contributed by atoms with Gasteiger partial charge in [0.1, 0.15) is 5.69 Å². The third kappa shape index (κ3) is 5.07. The molecule has 0 radical (unpaired) electrons. The molecule has 2 aromatic rings. The van der Waals surface area contributed by atoms with Gasteiger partial charge in [-0.15, -0.1) is 0 Å². The highest BCUT2D eigenvalue weighted by Crippen LogP contribution is 2.42. The van der Waals surface area contributed by atoms with Gasteiger partial charge in [-0.1, -0.05) is 37.3 Å². The highest BCUT2D eigenvalue weighted by molar-refractivity contribution is 5.54. The van der Waals surface area contributed by atoms with Gasteiger partial charge in [-0.25, -0.2) is 4.98 Å². The van der Waals surface area contributed by atoms with Crippen LogP contribution in [-0.2, 0) is 16.9 Å². The zero-order valence-corrected chi connectivity index (χ0v) is 19.3. The van der Waals surface area contributed by atoms with Crippen molar-refractivity contribution in [3.63, 3.8) is 0 Å². The maximum absolute atomic E-state index is 11.6. The van der Waals surface area contributed by atoms with E-state index in [2.05, 4.69) is 68.4 Å². The van der Waals surface area contributed by atoms with Crippen molar-refractivity contribution >= 4 is 18.8 Å². The zero-order chi connectivity index (χ0) is 23.0. The number of hydrogen-bond acceptors (Lipinski definition) is 7. The van der Waals surface area contributed by atoms with Gasteiger partial charge in [0.2, 0.25) is 12.3 Å². The molecule has 0 saturated heterocycles. The number of carbonyl (C=O) groups excluding carboxylic acids is 1. The molecule has 1 fully saturated rings. The lowest BCUT2D eigenvalue weighted by molar-refractivity contribution is -0.111. The average Bonchev–Trinajstić information content (AvgIpc) is 2.82. The van der Waals surface area contributed by atoms with Crippen molar-refractivity contribution < 1.29 is 9.53 Å². The van der Waals surface area contributed by atoms with Crippen molar-refractivity contribution in [3.05, 3.63) is 47.9 Å². The van der Waals surface area contributed by atoms with E-state index in [-0.39, 0.29) is 11.1 Å². The molecule has 1 saturated carbocycles. The molecule has 1 aromatic heterocycles. The van der Waals surface area contributed by atoms with Crippen LogP contribution in [0, 0.1) is 0 Å². The van der Waals surface area contributed by atoms with Gasteiger partial charge in [0.15, 0.2) is 5.82 Å². The lowest BCUT2D eigenvalue weighted by Gasteiger charge is -2.48. The Bertz CT molecular complexity index is 897. The fraction of sp³-hybridized carbons (Fsp3) is 0.500. The van der Waals surface area contributed by atoms with E-state index in [4.69, 9.17) is 4.74 Å². The molecular weight excluding hydrogens is 404 g/mol. The Hall–Kier alpha value is -3.00. The summed E-state index contributed by atoms with van der Waals surface area (Å²) in [5.41, 5.74) is 1.65. The summed E-state index contributed by atoms with van der Waals surface area (Å²) < 4.78 is 5.50. The Labute approximate surface area is 190 Å². The van der Waals surface area contributed by atoms with Crippen molar-refractivity contribution in [3.8, 4) is 5.88 Å². The van der Waals surface area contributed by atoms with Crippen molar-refractivity contribution in [1.82, 2.24) is 20.6 Å². The molecule has 1 heterocycles. The monoisotopic (exact) mass is 438 g/mol. The van der Waals surface area contributed by atoms with Gasteiger partial charge in [0.25, 0.3) is 0 Å². The number of aliphatic imine (C=N–C) groups is 1. The maximum Gasteiger partial charge on any atom is 0.240 e. The number of benzene rings is 1. The summed E-state index contributed by atoms with van der Waals surface area (Å²) in [5, 5.41) is 6.88. The number of aromatic nitrogens is 2. The average molecular weight is 439 g/mol. The number of likely N-dealkylation sites (N-methyl/N-ethyl adjacent to an activating group) is 1. The van der Waals surface area contributed by atoms with E-state index in [0.717, 1.165) is 44.3 Å². The summed E-state index contributed by atoms with van der Waals surface area (Å²) in [5.74, 6) is 1.05. The van der Waals surface area contributed by atoms with E-state index in [9.17, 15) is 4.79 Å². The van der Waals surface area contributed by atoms with Crippen molar-refractivity contribution in [2.75, 3.05) is 32.1 Å². The molecule has 0 unspecified atom stereocenters. The van der Waals surface area contributed by atoms with Crippen LogP contribution in [0.2, 0.25) is 0 Å². The van der Waals surface area contributed by atoms with Gasteiger partial charge in [0, 0.05) is 19.1 Å². The van der Waals surface area contributed by atoms with Crippen molar-refractivity contribution in [2.45, 2.75) is 50.2 Å². The maximum atomic E-state index is 11.6. The number of anilines is 1. The standard InChI is InChI=1S/C24H34N6O2/c1-5-27-24(19-9-7-6-8-10-19)13-11-23(12-14-24,28-18-31)17-30(3)20-15-26-21(16-25-2)29-22(20)32-4/h6-10,15,18,27H,2,5,11-14,16-17H2,1,3-4H3,(H,28,31). The first kappa shape index (κ1) is 23.7. The lowest BCUT2D eigenvalue weighted by Crippen LogP contribution is -2.59. The van der Waals surface area contributed by atoms with Crippen LogP contribution in [0.5, 0.6) is 5.88 Å². The molecule has 2 N–H and O–H groups in total. The van der Waals surface area contributed by atoms with E-state index in [1.54, 1.807) is 13.3 Å². The second-order valence-corrected chi connectivity index (χ2v) is 8.44. The Morgan fingerprint density at radius 1 is 1.25 bits per heavy atom. The summed E-state index contributed by atoms with van der Waals surface area (Å²) in [6.07, 6.45) is 6.12. The highest BCUT2D eigenvalue weighted by atomic mass is 16.5. The number of methoxy groups -OCH3 is 1. The molecule has 32 heavy (non-hydrogen) atoms. The fourth-order valence-corrected chi connectivity index (χ4v) is 4.81. The molecule has 0 aliphatic heterocycles. The molecule has 8 nitrogen and oxygen atoms in total.